The second kappa shape index (κ2) is 9.91. The first-order valence-corrected chi connectivity index (χ1v) is 11.1. The van der Waals surface area contributed by atoms with Crippen molar-refractivity contribution >= 4 is 32.6 Å². The van der Waals surface area contributed by atoms with Gasteiger partial charge in [-0.1, -0.05) is 23.5 Å². The number of fused-ring (bicyclic) bond motifs is 1. The molecule has 0 bridgehead atoms. The first kappa shape index (κ1) is 22.1. The monoisotopic (exact) mass is 428 g/mol. The number of methoxy groups -OCH3 is 2. The summed E-state index contributed by atoms with van der Waals surface area (Å²) in [4.78, 5) is 21.7. The number of hydrogen-bond donors (Lipinski definition) is 1. The van der Waals surface area contributed by atoms with Crippen LogP contribution in [0.2, 0.25) is 0 Å². The summed E-state index contributed by atoms with van der Waals surface area (Å²) in [5.41, 5.74) is 2.59. The molecule has 6 nitrogen and oxygen atoms in total. The number of carbonyl (C=O) groups is 1. The van der Waals surface area contributed by atoms with Gasteiger partial charge in [0, 0.05) is 11.6 Å². The summed E-state index contributed by atoms with van der Waals surface area (Å²) in [6.45, 7) is 9.86. The maximum Gasteiger partial charge on any atom is 0.260 e. The Kier molecular flexibility index (Phi) is 7.29. The van der Waals surface area contributed by atoms with Crippen LogP contribution in [0, 0.1) is 6.92 Å². The number of nitrogens with one attached hydrogen (secondary N) is 1. The molecular formula is C23H30N3O3S+. The molecule has 1 amide bonds. The van der Waals surface area contributed by atoms with Crippen molar-refractivity contribution in [1.29, 1.82) is 0 Å². The van der Waals surface area contributed by atoms with Crippen LogP contribution in [-0.4, -0.2) is 51.3 Å². The van der Waals surface area contributed by atoms with Gasteiger partial charge in [0.1, 0.15) is 11.5 Å². The quantitative estimate of drug-likeness (QED) is 0.569. The highest BCUT2D eigenvalue weighted by Gasteiger charge is 2.24. The van der Waals surface area contributed by atoms with Crippen molar-refractivity contribution in [3.63, 3.8) is 0 Å². The normalized spacial score (nSPS) is 11.1. The Morgan fingerprint density at radius 1 is 1.10 bits per heavy atom. The topological polar surface area (TPSA) is 56.1 Å². The van der Waals surface area contributed by atoms with Gasteiger partial charge in [-0.2, -0.15) is 0 Å². The molecule has 3 rings (SSSR count). The zero-order valence-corrected chi connectivity index (χ0v) is 19.1. The molecule has 7 heteroatoms. The predicted molar refractivity (Wildman–Crippen MR) is 122 cm³/mol. The lowest BCUT2D eigenvalue weighted by atomic mass is 10.1. The van der Waals surface area contributed by atoms with Gasteiger partial charge in [0.25, 0.3) is 5.91 Å². The molecule has 0 saturated carbocycles. The van der Waals surface area contributed by atoms with E-state index in [1.165, 1.54) is 4.90 Å². The van der Waals surface area contributed by atoms with Crippen molar-refractivity contribution < 1.29 is 19.2 Å². The number of aromatic nitrogens is 1. The number of aryl methyl sites for hydroxylation is 1. The summed E-state index contributed by atoms with van der Waals surface area (Å²) in [6, 6.07) is 11.4. The van der Waals surface area contributed by atoms with E-state index in [1.54, 1.807) is 48.7 Å². The van der Waals surface area contributed by atoms with E-state index < -0.39 is 0 Å². The van der Waals surface area contributed by atoms with Gasteiger partial charge < -0.3 is 14.4 Å². The van der Waals surface area contributed by atoms with E-state index in [4.69, 9.17) is 14.5 Å². The molecule has 0 aliphatic carbocycles. The number of anilines is 1. The molecule has 1 aromatic heterocycles. The summed E-state index contributed by atoms with van der Waals surface area (Å²) in [5.74, 6) is 1.08. The van der Waals surface area contributed by atoms with Gasteiger partial charge in [0.2, 0.25) is 0 Å². The second-order valence-corrected chi connectivity index (χ2v) is 8.19. The molecule has 3 aromatic rings. The van der Waals surface area contributed by atoms with E-state index in [2.05, 4.69) is 19.9 Å². The van der Waals surface area contributed by atoms with Crippen molar-refractivity contribution in [2.24, 2.45) is 0 Å². The maximum absolute atomic E-state index is 13.6. The van der Waals surface area contributed by atoms with Gasteiger partial charge in [-0.05, 0) is 44.5 Å². The van der Waals surface area contributed by atoms with Crippen LogP contribution in [0.4, 0.5) is 5.13 Å². The molecule has 1 heterocycles. The Balaban J connectivity index is 2.02. The SMILES string of the molecule is CC[NH+](CC)CCN(C(=O)c1cc(OC)cc(OC)c1)c1nc2c(C)cccc2s1. The van der Waals surface area contributed by atoms with E-state index in [9.17, 15) is 4.79 Å². The number of amides is 1. The third-order valence-corrected chi connectivity index (χ3v) is 6.42. The number of ether oxygens (including phenoxy) is 2. The fourth-order valence-corrected chi connectivity index (χ4v) is 4.50. The largest absolute Gasteiger partial charge is 0.497 e. The highest BCUT2D eigenvalue weighted by atomic mass is 32.1. The van der Waals surface area contributed by atoms with E-state index >= 15 is 0 Å². The van der Waals surface area contributed by atoms with Crippen molar-refractivity contribution in [1.82, 2.24) is 4.98 Å². The lowest BCUT2D eigenvalue weighted by Gasteiger charge is -2.23. The summed E-state index contributed by atoms with van der Waals surface area (Å²) >= 11 is 1.55. The number of thiazole rings is 1. The Hall–Kier alpha value is -2.64. The van der Waals surface area contributed by atoms with Crippen LogP contribution in [-0.2, 0) is 0 Å². The van der Waals surface area contributed by atoms with Gasteiger partial charge in [-0.25, -0.2) is 4.98 Å². The molecule has 0 fully saturated rings. The van der Waals surface area contributed by atoms with Crippen molar-refractivity contribution in [2.45, 2.75) is 20.8 Å². The molecule has 30 heavy (non-hydrogen) atoms. The summed E-state index contributed by atoms with van der Waals surface area (Å²) < 4.78 is 11.8. The number of hydrogen-bond acceptors (Lipinski definition) is 5. The van der Waals surface area contributed by atoms with Gasteiger partial charge in [0.05, 0.1) is 50.6 Å². The van der Waals surface area contributed by atoms with E-state index in [-0.39, 0.29) is 5.91 Å². The Bertz CT molecular complexity index is 992. The van der Waals surface area contributed by atoms with Crippen LogP contribution in [0.1, 0.15) is 29.8 Å². The van der Waals surface area contributed by atoms with Crippen LogP contribution in [0.15, 0.2) is 36.4 Å². The van der Waals surface area contributed by atoms with Crippen molar-refractivity contribution in [3.05, 3.63) is 47.5 Å². The highest BCUT2D eigenvalue weighted by molar-refractivity contribution is 7.22. The third-order valence-electron chi connectivity index (χ3n) is 5.37. The Morgan fingerprint density at radius 3 is 2.33 bits per heavy atom. The fraction of sp³-hybridized carbons (Fsp3) is 0.391. The molecule has 0 atom stereocenters. The molecule has 0 spiro atoms. The van der Waals surface area contributed by atoms with Gasteiger partial charge in [-0.15, -0.1) is 0 Å². The Morgan fingerprint density at radius 2 is 1.77 bits per heavy atom. The Labute approximate surface area is 182 Å². The molecule has 0 aliphatic rings. The lowest BCUT2D eigenvalue weighted by molar-refractivity contribution is -0.894. The minimum Gasteiger partial charge on any atom is -0.497 e. The molecule has 160 valence electrons. The van der Waals surface area contributed by atoms with E-state index in [1.807, 2.05) is 19.1 Å². The number of carbonyl (C=O) groups excluding carboxylic acids is 1. The zero-order chi connectivity index (χ0) is 21.7. The van der Waals surface area contributed by atoms with Crippen LogP contribution in [0.5, 0.6) is 11.5 Å². The average Bonchev–Trinajstić information content (AvgIpc) is 3.21. The number of likely N-dealkylation sites (N-methyl/N-ethyl adjacent to an activating group) is 1. The number of nitrogens with zero attached hydrogens (tertiary/aromatic N) is 2. The van der Waals surface area contributed by atoms with Crippen LogP contribution >= 0.6 is 11.3 Å². The van der Waals surface area contributed by atoms with Crippen LogP contribution in [0.25, 0.3) is 10.2 Å². The molecule has 1 N–H and O–H groups in total. The minimum absolute atomic E-state index is 0.101. The lowest BCUT2D eigenvalue weighted by Crippen LogP contribution is -3.12. The van der Waals surface area contributed by atoms with Crippen molar-refractivity contribution in [2.75, 3.05) is 45.3 Å². The van der Waals surface area contributed by atoms with Gasteiger partial charge in [-0.3, -0.25) is 9.69 Å². The van der Waals surface area contributed by atoms with Gasteiger partial charge >= 0.3 is 0 Å². The number of quaternary nitrogens is 1. The maximum atomic E-state index is 13.6. The number of benzene rings is 2. The van der Waals surface area contributed by atoms with Gasteiger partial charge in [0.15, 0.2) is 5.13 Å². The molecule has 0 saturated heterocycles. The summed E-state index contributed by atoms with van der Waals surface area (Å²) in [7, 11) is 3.17. The molecule has 2 aromatic carbocycles. The molecule has 0 aliphatic heterocycles. The highest BCUT2D eigenvalue weighted by Crippen LogP contribution is 2.32. The smallest absolute Gasteiger partial charge is 0.260 e. The molecule has 0 unspecified atom stereocenters. The van der Waals surface area contributed by atoms with Crippen LogP contribution in [0.3, 0.4) is 0 Å². The number of para-hydroxylation sites is 1. The fourth-order valence-electron chi connectivity index (χ4n) is 3.43. The standard InChI is InChI=1S/C23H29N3O3S/c1-6-25(7-2)11-12-26(23-24-21-16(3)9-8-10-20(21)30-23)22(27)17-13-18(28-4)15-19(14-17)29-5/h8-10,13-15H,6-7,11-12H2,1-5H3/p+1. The summed E-state index contributed by atoms with van der Waals surface area (Å²) in [5, 5.41) is 0.720. The zero-order valence-electron chi connectivity index (χ0n) is 18.3. The molecule has 0 radical (unpaired) electrons. The molecular weight excluding hydrogens is 398 g/mol. The van der Waals surface area contributed by atoms with Crippen molar-refractivity contribution in [3.8, 4) is 11.5 Å². The summed E-state index contributed by atoms with van der Waals surface area (Å²) in [6.07, 6.45) is 0. The number of rotatable bonds is 9. The van der Waals surface area contributed by atoms with E-state index in [0.717, 1.165) is 40.5 Å². The second-order valence-electron chi connectivity index (χ2n) is 7.18. The first-order chi connectivity index (χ1) is 14.5. The first-order valence-electron chi connectivity index (χ1n) is 10.2. The van der Waals surface area contributed by atoms with Crippen LogP contribution < -0.4 is 19.3 Å². The predicted octanol–water partition coefficient (Wildman–Crippen LogP) is 3.19. The average molecular weight is 429 g/mol. The minimum atomic E-state index is -0.101. The van der Waals surface area contributed by atoms with E-state index in [0.29, 0.717) is 23.6 Å². The third kappa shape index (κ3) is 4.74.